The van der Waals surface area contributed by atoms with Gasteiger partial charge in [0.2, 0.25) is 5.91 Å². The number of carbonyl (C=O) groups excluding carboxylic acids is 1. The second kappa shape index (κ2) is 9.04. The number of thiazole rings is 1. The van der Waals surface area contributed by atoms with Crippen molar-refractivity contribution in [3.8, 4) is 5.75 Å². The Morgan fingerprint density at radius 2 is 2.00 bits per heavy atom. The number of rotatable bonds is 6. The monoisotopic (exact) mass is 451 g/mol. The van der Waals surface area contributed by atoms with Crippen LogP contribution in [0.5, 0.6) is 5.75 Å². The Hall–Kier alpha value is -2.96. The molecule has 7 heteroatoms. The van der Waals surface area contributed by atoms with Gasteiger partial charge < -0.3 is 4.74 Å². The van der Waals surface area contributed by atoms with Crippen LogP contribution in [0, 0.1) is 13.8 Å². The van der Waals surface area contributed by atoms with Crippen molar-refractivity contribution in [2.45, 2.75) is 26.8 Å². The Balaban J connectivity index is 1.69. The quantitative estimate of drug-likeness (QED) is 0.374. The van der Waals surface area contributed by atoms with E-state index in [9.17, 15) is 4.79 Å². The van der Waals surface area contributed by atoms with Crippen LogP contribution < -0.4 is 9.64 Å². The maximum absolute atomic E-state index is 13.4. The molecule has 0 aliphatic heterocycles. The summed E-state index contributed by atoms with van der Waals surface area (Å²) in [5.74, 6) is 0.762. The minimum Gasteiger partial charge on any atom is -0.496 e. The van der Waals surface area contributed by atoms with E-state index in [0.717, 1.165) is 38.4 Å². The predicted molar refractivity (Wildman–Crippen MR) is 126 cm³/mol. The number of ether oxygens (including phenoxy) is 1. The molecule has 2 heterocycles. The summed E-state index contributed by atoms with van der Waals surface area (Å²) in [6, 6.07) is 15.3. The molecule has 2 aromatic carbocycles. The standard InChI is InChI=1S/C24H22ClN3O2S/c1-15-12-17(7-9-20(15)30-3)13-22(29)28(14-18-6-4-5-11-26-18)24-27-23-16(2)19(25)8-10-21(23)31-24/h4-12H,13-14H2,1-3H3. The van der Waals surface area contributed by atoms with Crippen LogP contribution in [0.2, 0.25) is 5.02 Å². The number of aryl methyl sites for hydroxylation is 2. The molecule has 1 amide bonds. The van der Waals surface area contributed by atoms with Gasteiger partial charge in [0.25, 0.3) is 0 Å². The zero-order valence-corrected chi connectivity index (χ0v) is 19.1. The lowest BCUT2D eigenvalue weighted by Crippen LogP contribution is -2.32. The number of amides is 1. The van der Waals surface area contributed by atoms with Crippen LogP contribution in [0.15, 0.2) is 54.7 Å². The first-order chi connectivity index (χ1) is 15.0. The SMILES string of the molecule is COc1ccc(CC(=O)N(Cc2ccccn2)c2nc3c(C)c(Cl)ccc3s2)cc1C. The van der Waals surface area contributed by atoms with Gasteiger partial charge in [0, 0.05) is 11.2 Å². The van der Waals surface area contributed by atoms with Gasteiger partial charge in [-0.25, -0.2) is 4.98 Å². The fraction of sp³-hybridized carbons (Fsp3) is 0.208. The van der Waals surface area contributed by atoms with E-state index in [0.29, 0.717) is 16.7 Å². The van der Waals surface area contributed by atoms with Gasteiger partial charge in [-0.15, -0.1) is 0 Å². The van der Waals surface area contributed by atoms with Crippen LogP contribution in [0.3, 0.4) is 0 Å². The first-order valence-corrected chi connectivity index (χ1v) is 11.0. The average molecular weight is 452 g/mol. The van der Waals surface area contributed by atoms with Crippen LogP contribution in [0.4, 0.5) is 5.13 Å². The Morgan fingerprint density at radius 3 is 2.71 bits per heavy atom. The zero-order chi connectivity index (χ0) is 22.0. The summed E-state index contributed by atoms with van der Waals surface area (Å²) in [6.07, 6.45) is 1.99. The molecule has 0 spiro atoms. The zero-order valence-electron chi connectivity index (χ0n) is 17.6. The molecular weight excluding hydrogens is 430 g/mol. The molecule has 0 unspecified atom stereocenters. The van der Waals surface area contributed by atoms with Gasteiger partial charge >= 0.3 is 0 Å². The molecule has 4 rings (SSSR count). The number of nitrogens with zero attached hydrogens (tertiary/aromatic N) is 3. The second-order valence-corrected chi connectivity index (χ2v) is 8.71. The van der Waals surface area contributed by atoms with Crippen molar-refractivity contribution in [1.82, 2.24) is 9.97 Å². The molecule has 5 nitrogen and oxygen atoms in total. The number of benzene rings is 2. The van der Waals surface area contributed by atoms with Gasteiger partial charge in [-0.2, -0.15) is 0 Å². The molecule has 0 saturated carbocycles. The number of anilines is 1. The lowest BCUT2D eigenvalue weighted by Gasteiger charge is -2.20. The van der Waals surface area contributed by atoms with Crippen molar-refractivity contribution in [3.05, 3.63) is 82.1 Å². The second-order valence-electron chi connectivity index (χ2n) is 7.30. The molecule has 0 saturated heterocycles. The molecular formula is C24H22ClN3O2S. The topological polar surface area (TPSA) is 55.3 Å². The van der Waals surface area contributed by atoms with E-state index in [2.05, 4.69) is 4.98 Å². The Bertz CT molecular complexity index is 1240. The molecule has 0 fully saturated rings. The van der Waals surface area contributed by atoms with Crippen molar-refractivity contribution >= 4 is 44.2 Å². The van der Waals surface area contributed by atoms with Crippen molar-refractivity contribution in [3.63, 3.8) is 0 Å². The summed E-state index contributed by atoms with van der Waals surface area (Å²) in [4.78, 5) is 24.3. The lowest BCUT2D eigenvalue weighted by atomic mass is 10.1. The molecule has 4 aromatic rings. The van der Waals surface area contributed by atoms with Gasteiger partial charge in [0.05, 0.1) is 36.0 Å². The number of hydrogen-bond donors (Lipinski definition) is 0. The van der Waals surface area contributed by atoms with Gasteiger partial charge in [0.1, 0.15) is 5.75 Å². The smallest absolute Gasteiger partial charge is 0.233 e. The Morgan fingerprint density at radius 1 is 1.16 bits per heavy atom. The maximum atomic E-state index is 13.4. The van der Waals surface area contributed by atoms with E-state index in [-0.39, 0.29) is 12.3 Å². The fourth-order valence-corrected chi connectivity index (χ4v) is 4.64. The Labute approximate surface area is 190 Å². The highest BCUT2D eigenvalue weighted by atomic mass is 35.5. The summed E-state index contributed by atoms with van der Waals surface area (Å²) in [5, 5.41) is 1.31. The molecule has 0 aliphatic rings. The normalized spacial score (nSPS) is 11.0. The van der Waals surface area contributed by atoms with Crippen molar-refractivity contribution in [2.75, 3.05) is 12.0 Å². The van der Waals surface area contributed by atoms with Crippen molar-refractivity contribution in [1.29, 1.82) is 0 Å². The van der Waals surface area contributed by atoms with Crippen LogP contribution >= 0.6 is 22.9 Å². The third-order valence-electron chi connectivity index (χ3n) is 5.13. The predicted octanol–water partition coefficient (Wildman–Crippen LogP) is 5.75. The van der Waals surface area contributed by atoms with E-state index in [4.69, 9.17) is 21.3 Å². The number of fused-ring (bicyclic) bond motifs is 1. The van der Waals surface area contributed by atoms with E-state index in [1.165, 1.54) is 11.3 Å². The van der Waals surface area contributed by atoms with E-state index >= 15 is 0 Å². The third-order valence-corrected chi connectivity index (χ3v) is 6.58. The first-order valence-electron chi connectivity index (χ1n) is 9.85. The maximum Gasteiger partial charge on any atom is 0.233 e. The highest BCUT2D eigenvalue weighted by molar-refractivity contribution is 7.22. The lowest BCUT2D eigenvalue weighted by molar-refractivity contribution is -0.118. The first kappa shape index (κ1) is 21.3. The van der Waals surface area contributed by atoms with Crippen LogP contribution in [-0.4, -0.2) is 23.0 Å². The van der Waals surface area contributed by atoms with E-state index < -0.39 is 0 Å². The minimum absolute atomic E-state index is 0.0435. The minimum atomic E-state index is -0.0435. The molecule has 158 valence electrons. The highest BCUT2D eigenvalue weighted by Crippen LogP contribution is 2.34. The largest absolute Gasteiger partial charge is 0.496 e. The molecule has 0 bridgehead atoms. The number of hydrogen-bond acceptors (Lipinski definition) is 5. The number of carbonyl (C=O) groups is 1. The van der Waals surface area contributed by atoms with Crippen molar-refractivity contribution in [2.24, 2.45) is 0 Å². The van der Waals surface area contributed by atoms with Gasteiger partial charge in [0.15, 0.2) is 5.13 Å². The fourth-order valence-electron chi connectivity index (χ4n) is 3.44. The number of methoxy groups -OCH3 is 1. The average Bonchev–Trinajstić information content (AvgIpc) is 3.20. The Kier molecular flexibility index (Phi) is 6.20. The molecule has 0 radical (unpaired) electrons. The summed E-state index contributed by atoms with van der Waals surface area (Å²) >= 11 is 7.76. The van der Waals surface area contributed by atoms with Gasteiger partial charge in [-0.3, -0.25) is 14.7 Å². The molecule has 31 heavy (non-hydrogen) atoms. The summed E-state index contributed by atoms with van der Waals surface area (Å²) in [6.45, 7) is 4.26. The van der Waals surface area contributed by atoms with E-state index in [1.807, 2.05) is 62.4 Å². The number of aromatic nitrogens is 2. The third kappa shape index (κ3) is 4.55. The molecule has 2 aromatic heterocycles. The summed E-state index contributed by atoms with van der Waals surface area (Å²) in [5.41, 5.74) is 4.46. The van der Waals surface area contributed by atoms with Gasteiger partial charge in [-0.1, -0.05) is 41.1 Å². The number of pyridine rings is 1. The van der Waals surface area contributed by atoms with Gasteiger partial charge in [-0.05, 0) is 60.9 Å². The highest BCUT2D eigenvalue weighted by Gasteiger charge is 2.22. The molecule has 0 N–H and O–H groups in total. The van der Waals surface area contributed by atoms with Crippen molar-refractivity contribution < 1.29 is 9.53 Å². The molecule has 0 aliphatic carbocycles. The summed E-state index contributed by atoms with van der Waals surface area (Å²) in [7, 11) is 1.64. The molecule has 0 atom stereocenters. The van der Waals surface area contributed by atoms with E-state index in [1.54, 1.807) is 18.2 Å². The van der Waals surface area contributed by atoms with Crippen LogP contribution in [0.1, 0.15) is 22.4 Å². The summed E-state index contributed by atoms with van der Waals surface area (Å²) < 4.78 is 6.33. The van der Waals surface area contributed by atoms with Crippen LogP contribution in [0.25, 0.3) is 10.2 Å². The van der Waals surface area contributed by atoms with Crippen LogP contribution in [-0.2, 0) is 17.8 Å². The number of halogens is 1.